The van der Waals surface area contributed by atoms with Crippen LogP contribution in [0.5, 0.6) is 5.75 Å². The fraction of sp³-hybridized carbons (Fsp3) is 0.500. The van der Waals surface area contributed by atoms with Gasteiger partial charge in [0.05, 0.1) is 5.69 Å². The van der Waals surface area contributed by atoms with Crippen LogP contribution in [0.4, 0.5) is 24.5 Å². The van der Waals surface area contributed by atoms with Gasteiger partial charge in [-0.1, -0.05) is 0 Å². The van der Waals surface area contributed by atoms with Gasteiger partial charge in [-0.2, -0.15) is 0 Å². The van der Waals surface area contributed by atoms with Gasteiger partial charge < -0.3 is 15.4 Å². The number of halogens is 3. The van der Waals surface area contributed by atoms with Crippen molar-refractivity contribution in [1.29, 1.82) is 0 Å². The smallest absolute Gasteiger partial charge is 0.251 e. The van der Waals surface area contributed by atoms with Crippen LogP contribution in [-0.2, 0) is 0 Å². The molecule has 0 aliphatic carbocycles. The van der Waals surface area contributed by atoms with E-state index in [0.717, 1.165) is 0 Å². The van der Waals surface area contributed by atoms with Crippen LogP contribution < -0.4 is 15.4 Å². The molecule has 6 heteroatoms. The summed E-state index contributed by atoms with van der Waals surface area (Å²) >= 11 is 0. The average Bonchev–Trinajstić information content (AvgIpc) is 2.32. The number of nitrogen functional groups attached to an aromatic ring is 1. The molecule has 0 saturated carbocycles. The van der Waals surface area contributed by atoms with Crippen LogP contribution in [0.1, 0.15) is 12.8 Å². The zero-order chi connectivity index (χ0) is 13.2. The van der Waals surface area contributed by atoms with Gasteiger partial charge >= 0.3 is 0 Å². The van der Waals surface area contributed by atoms with Crippen molar-refractivity contribution in [2.45, 2.75) is 18.8 Å². The quantitative estimate of drug-likeness (QED) is 0.849. The first kappa shape index (κ1) is 12.9. The third-order valence-corrected chi connectivity index (χ3v) is 3.03. The second kappa shape index (κ2) is 4.96. The molecule has 0 unspecified atom stereocenters. The van der Waals surface area contributed by atoms with Crippen molar-refractivity contribution in [1.82, 2.24) is 0 Å². The summed E-state index contributed by atoms with van der Waals surface area (Å²) in [5.74, 6) is -2.28. The van der Waals surface area contributed by atoms with E-state index in [2.05, 4.69) is 0 Å². The molecule has 1 fully saturated rings. The molecular formula is C12H15F3N2O. The lowest BCUT2D eigenvalue weighted by molar-refractivity contribution is -0.0221. The molecule has 0 spiro atoms. The first-order valence-corrected chi connectivity index (χ1v) is 5.73. The summed E-state index contributed by atoms with van der Waals surface area (Å²) in [5, 5.41) is 0. The van der Waals surface area contributed by atoms with Gasteiger partial charge in [0, 0.05) is 31.6 Å². The highest BCUT2D eigenvalue weighted by Gasteiger charge is 2.34. The molecule has 0 atom stereocenters. The minimum absolute atomic E-state index is 0.207. The van der Waals surface area contributed by atoms with Crippen LogP contribution in [0.2, 0.25) is 0 Å². The normalized spacial score (nSPS) is 18.7. The van der Waals surface area contributed by atoms with E-state index in [1.54, 1.807) is 23.1 Å². The second-order valence-electron chi connectivity index (χ2n) is 4.32. The molecule has 0 aromatic heterocycles. The summed E-state index contributed by atoms with van der Waals surface area (Å²) in [6.07, 6.45) is -0.423. The van der Waals surface area contributed by atoms with Gasteiger partial charge in [0.2, 0.25) is 6.86 Å². The van der Waals surface area contributed by atoms with E-state index in [1.807, 2.05) is 0 Å². The van der Waals surface area contributed by atoms with Crippen molar-refractivity contribution in [3.05, 3.63) is 18.2 Å². The van der Waals surface area contributed by atoms with Crippen molar-refractivity contribution < 1.29 is 17.9 Å². The molecular weight excluding hydrogens is 245 g/mol. The van der Waals surface area contributed by atoms with E-state index in [-0.39, 0.29) is 25.9 Å². The van der Waals surface area contributed by atoms with Gasteiger partial charge in [-0.05, 0) is 18.2 Å². The molecule has 0 amide bonds. The van der Waals surface area contributed by atoms with Crippen LogP contribution in [0, 0.1) is 0 Å². The molecule has 1 aromatic carbocycles. The Balaban J connectivity index is 2.19. The number of rotatable bonds is 3. The Morgan fingerprint density at radius 2 is 1.94 bits per heavy atom. The topological polar surface area (TPSA) is 38.5 Å². The summed E-state index contributed by atoms with van der Waals surface area (Å²) < 4.78 is 43.3. The first-order chi connectivity index (χ1) is 8.52. The maximum absolute atomic E-state index is 13.1. The summed E-state index contributed by atoms with van der Waals surface area (Å²) in [6.45, 7) is -0.543. The highest BCUT2D eigenvalue weighted by atomic mass is 19.3. The SMILES string of the molecule is Nc1ccc(OCF)c(N2CCC(F)(F)CC2)c1. The van der Waals surface area contributed by atoms with Crippen molar-refractivity contribution in [2.24, 2.45) is 0 Å². The molecule has 18 heavy (non-hydrogen) atoms. The Kier molecular flexibility index (Phi) is 3.54. The standard InChI is InChI=1S/C12H15F3N2O/c13-8-18-11-2-1-9(16)7-10(11)17-5-3-12(14,15)4-6-17/h1-2,7H,3-6,8,16H2. The number of alkyl halides is 3. The molecule has 1 heterocycles. The predicted octanol–water partition coefficient (Wildman–Crippen LogP) is 2.81. The zero-order valence-corrected chi connectivity index (χ0v) is 9.83. The third-order valence-electron chi connectivity index (χ3n) is 3.03. The molecule has 3 nitrogen and oxygen atoms in total. The van der Waals surface area contributed by atoms with Crippen LogP contribution in [0.25, 0.3) is 0 Å². The highest BCUT2D eigenvalue weighted by Crippen LogP contribution is 2.36. The molecule has 1 saturated heterocycles. The Labute approximate surface area is 103 Å². The first-order valence-electron chi connectivity index (χ1n) is 5.73. The van der Waals surface area contributed by atoms with E-state index < -0.39 is 12.8 Å². The van der Waals surface area contributed by atoms with Crippen molar-refractivity contribution in [2.75, 3.05) is 30.6 Å². The largest absolute Gasteiger partial charge is 0.461 e. The lowest BCUT2D eigenvalue weighted by Gasteiger charge is -2.34. The molecule has 1 aliphatic rings. The average molecular weight is 260 g/mol. The van der Waals surface area contributed by atoms with E-state index in [4.69, 9.17) is 10.5 Å². The van der Waals surface area contributed by atoms with Gasteiger partial charge in [0.25, 0.3) is 5.92 Å². The van der Waals surface area contributed by atoms with Crippen LogP contribution in [0.3, 0.4) is 0 Å². The minimum atomic E-state index is -2.61. The maximum atomic E-state index is 13.1. The molecule has 1 aromatic rings. The van der Waals surface area contributed by atoms with Crippen molar-refractivity contribution in [3.8, 4) is 5.75 Å². The maximum Gasteiger partial charge on any atom is 0.251 e. The van der Waals surface area contributed by atoms with Crippen LogP contribution >= 0.6 is 0 Å². The number of anilines is 2. The Bertz CT molecular complexity index is 416. The zero-order valence-electron chi connectivity index (χ0n) is 9.83. The van der Waals surface area contributed by atoms with Gasteiger partial charge in [-0.25, -0.2) is 13.2 Å². The minimum Gasteiger partial charge on any atom is -0.461 e. The van der Waals surface area contributed by atoms with Crippen molar-refractivity contribution in [3.63, 3.8) is 0 Å². The van der Waals surface area contributed by atoms with Gasteiger partial charge in [-0.3, -0.25) is 0 Å². The summed E-state index contributed by atoms with van der Waals surface area (Å²) in [7, 11) is 0. The number of hydrogen-bond acceptors (Lipinski definition) is 3. The lowest BCUT2D eigenvalue weighted by Crippen LogP contribution is -2.39. The number of nitrogens with zero attached hydrogens (tertiary/aromatic N) is 1. The van der Waals surface area contributed by atoms with E-state index >= 15 is 0 Å². The number of hydrogen-bond donors (Lipinski definition) is 1. The molecule has 0 radical (unpaired) electrons. The fourth-order valence-corrected chi connectivity index (χ4v) is 2.04. The Morgan fingerprint density at radius 1 is 1.28 bits per heavy atom. The predicted molar refractivity (Wildman–Crippen MR) is 63.9 cm³/mol. The van der Waals surface area contributed by atoms with Gasteiger partial charge in [-0.15, -0.1) is 0 Å². The van der Waals surface area contributed by atoms with E-state index in [0.29, 0.717) is 17.1 Å². The summed E-state index contributed by atoms with van der Waals surface area (Å²) in [4.78, 5) is 1.75. The van der Waals surface area contributed by atoms with Crippen LogP contribution in [-0.4, -0.2) is 25.9 Å². The number of benzene rings is 1. The second-order valence-corrected chi connectivity index (χ2v) is 4.32. The third kappa shape index (κ3) is 2.80. The number of ether oxygens (including phenoxy) is 1. The number of nitrogens with two attached hydrogens (primary N) is 1. The van der Waals surface area contributed by atoms with Crippen molar-refractivity contribution >= 4 is 11.4 Å². The Morgan fingerprint density at radius 3 is 2.56 bits per heavy atom. The molecule has 0 bridgehead atoms. The molecule has 100 valence electrons. The van der Waals surface area contributed by atoms with Gasteiger partial charge in [0.1, 0.15) is 5.75 Å². The van der Waals surface area contributed by atoms with Gasteiger partial charge in [0.15, 0.2) is 0 Å². The van der Waals surface area contributed by atoms with Crippen LogP contribution in [0.15, 0.2) is 18.2 Å². The lowest BCUT2D eigenvalue weighted by atomic mass is 10.1. The summed E-state index contributed by atoms with van der Waals surface area (Å²) in [6, 6.07) is 4.76. The summed E-state index contributed by atoms with van der Waals surface area (Å²) in [5.41, 5.74) is 6.73. The number of piperidine rings is 1. The molecule has 2 rings (SSSR count). The monoisotopic (exact) mass is 260 g/mol. The molecule has 2 N–H and O–H groups in total. The van der Waals surface area contributed by atoms with E-state index in [9.17, 15) is 13.2 Å². The Hall–Kier alpha value is -1.59. The molecule has 1 aliphatic heterocycles. The highest BCUT2D eigenvalue weighted by molar-refractivity contribution is 5.65. The van der Waals surface area contributed by atoms with E-state index in [1.165, 1.54) is 0 Å². The fourth-order valence-electron chi connectivity index (χ4n) is 2.04.